The van der Waals surface area contributed by atoms with E-state index >= 15 is 0 Å². The summed E-state index contributed by atoms with van der Waals surface area (Å²) >= 11 is 0. The molecule has 0 atom stereocenters. The average molecular weight is 665 g/mol. The van der Waals surface area contributed by atoms with Gasteiger partial charge in [0, 0.05) is 33.6 Å². The fourth-order valence-corrected chi connectivity index (χ4v) is 6.88. The summed E-state index contributed by atoms with van der Waals surface area (Å²) in [5.41, 5.74) is 18.5. The van der Waals surface area contributed by atoms with Gasteiger partial charge in [-0.05, 0) is 83.6 Å². The number of anilines is 4. The summed E-state index contributed by atoms with van der Waals surface area (Å²) in [5.74, 6) is 0. The fourth-order valence-electron chi connectivity index (χ4n) is 6.88. The first-order valence-corrected chi connectivity index (χ1v) is 17.4. The Morgan fingerprint density at radius 3 is 1.40 bits per heavy atom. The Hall–Kier alpha value is -7.22. The Balaban J connectivity index is 1.24. The minimum atomic E-state index is 0.852. The lowest BCUT2D eigenvalue weighted by Crippen LogP contribution is -2.18. The second-order valence-electron chi connectivity index (χ2n) is 12.5. The van der Waals surface area contributed by atoms with Gasteiger partial charge in [-0.15, -0.1) is 0 Å². The Labute approximate surface area is 302 Å². The molecule has 0 saturated carbocycles. The zero-order chi connectivity index (χ0) is 34.7. The van der Waals surface area contributed by atoms with Crippen molar-refractivity contribution in [2.24, 2.45) is 0 Å². The van der Waals surface area contributed by atoms with Gasteiger partial charge in [-0.25, -0.2) is 9.97 Å². The molecular weight excluding hydrogens is 633 g/mol. The second kappa shape index (κ2) is 13.6. The largest absolute Gasteiger partial charge is 0.303 e. The maximum absolute atomic E-state index is 5.25. The Morgan fingerprint density at radius 1 is 0.365 bits per heavy atom. The van der Waals surface area contributed by atoms with Gasteiger partial charge in [-0.3, -0.25) is 0 Å². The van der Waals surface area contributed by atoms with Gasteiger partial charge >= 0.3 is 0 Å². The van der Waals surface area contributed by atoms with E-state index in [4.69, 9.17) is 9.97 Å². The van der Waals surface area contributed by atoms with Crippen molar-refractivity contribution in [2.75, 3.05) is 9.80 Å². The van der Waals surface area contributed by atoms with Crippen molar-refractivity contribution in [3.8, 4) is 22.5 Å². The van der Waals surface area contributed by atoms with E-state index in [1.165, 1.54) is 0 Å². The van der Waals surface area contributed by atoms with Gasteiger partial charge < -0.3 is 9.80 Å². The summed E-state index contributed by atoms with van der Waals surface area (Å²) in [6.07, 6.45) is 4.25. The standard InChI is InChI=1S/C48H32N4/c1-5-17-35(18-6-1)47-48(50-45-29-14-13-28-44(45)49-47)43-27-15-26-42-41(43)25-16-30-46(42)52(38-23-11-4-12-24-38)40-33-31-39(32-34-40)51(36-19-7-2-8-20-36)37-21-9-3-10-22-37/h1-31,33H. The van der Waals surface area contributed by atoms with Crippen molar-refractivity contribution in [1.29, 1.82) is 0 Å². The number of hydrogen-bond acceptors (Lipinski definition) is 4. The molecule has 7 aromatic carbocycles. The molecule has 52 heavy (non-hydrogen) atoms. The van der Waals surface area contributed by atoms with E-state index in [1.807, 2.05) is 60.7 Å². The third kappa shape index (κ3) is 5.77. The van der Waals surface area contributed by atoms with Gasteiger partial charge in [0.2, 0.25) is 0 Å². The third-order valence-corrected chi connectivity index (χ3v) is 9.26. The quantitative estimate of drug-likeness (QED) is 0.151. The highest BCUT2D eigenvalue weighted by Gasteiger charge is 2.21. The van der Waals surface area contributed by atoms with E-state index in [0.29, 0.717) is 0 Å². The number of para-hydroxylation sites is 5. The van der Waals surface area contributed by atoms with Crippen LogP contribution in [-0.4, -0.2) is 9.97 Å². The Kier molecular flexibility index (Phi) is 8.05. The Bertz CT molecular complexity index is 2650. The van der Waals surface area contributed by atoms with Crippen molar-refractivity contribution in [3.63, 3.8) is 0 Å². The molecule has 1 aromatic heterocycles. The summed E-state index contributed by atoms with van der Waals surface area (Å²) < 4.78 is 0. The zero-order valence-electron chi connectivity index (χ0n) is 28.3. The number of fused-ring (bicyclic) bond motifs is 2. The molecule has 0 aliphatic heterocycles. The van der Waals surface area contributed by atoms with Crippen molar-refractivity contribution in [3.05, 3.63) is 217 Å². The highest BCUT2D eigenvalue weighted by molar-refractivity contribution is 6.06. The van der Waals surface area contributed by atoms with Gasteiger partial charge in [0.05, 0.1) is 39.5 Å². The van der Waals surface area contributed by atoms with Crippen molar-refractivity contribution >= 4 is 44.6 Å². The van der Waals surface area contributed by atoms with Gasteiger partial charge in [0.15, 0.2) is 0 Å². The molecule has 1 aliphatic rings. The minimum Gasteiger partial charge on any atom is -0.303 e. The molecule has 4 nitrogen and oxygen atoms in total. The predicted octanol–water partition coefficient (Wildman–Crippen LogP) is 12.2. The number of hydrogen-bond donors (Lipinski definition) is 0. The highest BCUT2D eigenvalue weighted by Crippen LogP contribution is 2.41. The molecular formula is C48H32N4. The summed E-state index contributed by atoms with van der Waals surface area (Å²) in [6, 6.07) is 62.5. The van der Waals surface area contributed by atoms with Crippen molar-refractivity contribution in [1.82, 2.24) is 9.97 Å². The van der Waals surface area contributed by atoms with Crippen LogP contribution in [-0.2, 0) is 0 Å². The minimum absolute atomic E-state index is 0.852. The fraction of sp³-hybridized carbons (Fsp3) is 0. The van der Waals surface area contributed by atoms with Crippen LogP contribution in [0.25, 0.3) is 44.3 Å². The lowest BCUT2D eigenvalue weighted by Gasteiger charge is -2.28. The van der Waals surface area contributed by atoms with Crippen LogP contribution in [0.15, 0.2) is 217 Å². The monoisotopic (exact) mass is 664 g/mol. The molecule has 8 aromatic rings. The molecule has 0 N–H and O–H groups in total. The zero-order valence-corrected chi connectivity index (χ0v) is 28.3. The normalized spacial score (nSPS) is 12.1. The van der Waals surface area contributed by atoms with Crippen LogP contribution in [0.5, 0.6) is 0 Å². The Morgan fingerprint density at radius 2 is 0.827 bits per heavy atom. The van der Waals surface area contributed by atoms with E-state index in [2.05, 4.69) is 155 Å². The number of aromatic nitrogens is 2. The van der Waals surface area contributed by atoms with Crippen molar-refractivity contribution < 1.29 is 0 Å². The highest BCUT2D eigenvalue weighted by atomic mass is 15.2. The first-order valence-electron chi connectivity index (χ1n) is 17.4. The van der Waals surface area contributed by atoms with Crippen molar-refractivity contribution in [2.45, 2.75) is 0 Å². The van der Waals surface area contributed by atoms with Gasteiger partial charge in [0.25, 0.3) is 0 Å². The number of rotatable bonds is 8. The number of benzene rings is 7. The number of allylic oxidation sites excluding steroid dienone is 2. The lowest BCUT2D eigenvalue weighted by atomic mass is 9.96. The summed E-state index contributed by atoms with van der Waals surface area (Å²) in [7, 11) is 0. The van der Waals surface area contributed by atoms with Gasteiger partial charge in [-0.1, -0.05) is 127 Å². The average Bonchev–Trinajstić information content (AvgIpc) is 3.22. The van der Waals surface area contributed by atoms with Gasteiger partial charge in [0.1, 0.15) is 0 Å². The maximum atomic E-state index is 5.25. The van der Waals surface area contributed by atoms with Crippen LogP contribution in [0.1, 0.15) is 0 Å². The SMILES string of the molecule is C1=C=C(N(c2ccccc2)c2cccc3c(-c4nc5ccccc5nc4-c4ccccc4)cccc23)C=CC=1N(c1ccccc1)c1ccccc1. The van der Waals surface area contributed by atoms with Crippen LogP contribution < -0.4 is 9.80 Å². The molecule has 0 spiro atoms. The van der Waals surface area contributed by atoms with Crippen LogP contribution in [0.3, 0.4) is 0 Å². The third-order valence-electron chi connectivity index (χ3n) is 9.26. The molecule has 0 fully saturated rings. The van der Waals surface area contributed by atoms with E-state index in [0.717, 1.165) is 78.5 Å². The molecule has 1 heterocycles. The molecule has 0 saturated heterocycles. The van der Waals surface area contributed by atoms with E-state index < -0.39 is 0 Å². The van der Waals surface area contributed by atoms with E-state index in [9.17, 15) is 0 Å². The van der Waals surface area contributed by atoms with Crippen LogP contribution in [0.4, 0.5) is 22.7 Å². The summed E-state index contributed by atoms with van der Waals surface area (Å²) in [4.78, 5) is 14.9. The predicted molar refractivity (Wildman–Crippen MR) is 215 cm³/mol. The molecule has 244 valence electrons. The van der Waals surface area contributed by atoms with Crippen LogP contribution in [0, 0.1) is 0 Å². The van der Waals surface area contributed by atoms with E-state index in [-0.39, 0.29) is 0 Å². The number of nitrogens with zero attached hydrogens (tertiary/aromatic N) is 4. The second-order valence-corrected chi connectivity index (χ2v) is 12.5. The summed E-state index contributed by atoms with van der Waals surface area (Å²) in [5, 5.41) is 2.17. The lowest BCUT2D eigenvalue weighted by molar-refractivity contribution is 1.18. The molecule has 0 bridgehead atoms. The first kappa shape index (κ1) is 30.8. The molecule has 0 unspecified atom stereocenters. The summed E-state index contributed by atoms with van der Waals surface area (Å²) in [6.45, 7) is 0. The van der Waals surface area contributed by atoms with Gasteiger partial charge in [-0.2, -0.15) is 0 Å². The van der Waals surface area contributed by atoms with E-state index in [1.54, 1.807) is 0 Å². The van der Waals surface area contributed by atoms with Crippen LogP contribution >= 0.6 is 0 Å². The smallest absolute Gasteiger partial charge is 0.0979 e. The molecule has 0 amide bonds. The topological polar surface area (TPSA) is 32.3 Å². The molecule has 9 rings (SSSR count). The molecule has 1 aliphatic carbocycles. The van der Waals surface area contributed by atoms with Crippen LogP contribution in [0.2, 0.25) is 0 Å². The molecule has 0 radical (unpaired) electrons. The molecule has 4 heteroatoms. The maximum Gasteiger partial charge on any atom is 0.0979 e. The first-order chi connectivity index (χ1) is 25.8.